The molecule has 0 spiro atoms. The molecule has 0 fully saturated rings. The number of benzene rings is 1. The predicted molar refractivity (Wildman–Crippen MR) is 81.6 cm³/mol. The van der Waals surface area contributed by atoms with E-state index in [0.29, 0.717) is 0 Å². The lowest BCUT2D eigenvalue weighted by Gasteiger charge is -2.23. The fourth-order valence-electron chi connectivity index (χ4n) is 2.24. The second-order valence-electron chi connectivity index (χ2n) is 4.92. The molecule has 1 heterocycles. The lowest BCUT2D eigenvalue weighted by atomic mass is 10.0. The first-order valence-corrected chi connectivity index (χ1v) is 6.98. The Labute approximate surface area is 125 Å². The van der Waals surface area contributed by atoms with Crippen LogP contribution in [0.2, 0.25) is 0 Å². The van der Waals surface area contributed by atoms with Crippen LogP contribution in [-0.2, 0) is 9.53 Å². The molecular weight excluding hydrogens is 264 g/mol. The minimum absolute atomic E-state index is 0.124. The Hall–Kier alpha value is -2.20. The number of hydrogen-bond donors (Lipinski definition) is 1. The van der Waals surface area contributed by atoms with Crippen LogP contribution in [0.4, 0.5) is 0 Å². The van der Waals surface area contributed by atoms with Crippen molar-refractivity contribution < 1.29 is 9.53 Å². The van der Waals surface area contributed by atoms with Crippen molar-refractivity contribution in [1.29, 1.82) is 0 Å². The lowest BCUT2D eigenvalue weighted by molar-refractivity contribution is -0.141. The van der Waals surface area contributed by atoms with Gasteiger partial charge in [-0.2, -0.15) is 0 Å². The monoisotopic (exact) mass is 284 g/mol. The quantitative estimate of drug-likeness (QED) is 0.828. The maximum Gasteiger partial charge on any atom is 0.307 e. The molecule has 0 saturated carbocycles. The van der Waals surface area contributed by atoms with Gasteiger partial charge in [-0.05, 0) is 24.1 Å². The van der Waals surface area contributed by atoms with Gasteiger partial charge in [-0.1, -0.05) is 36.4 Å². The Balaban J connectivity index is 2.14. The number of ether oxygens (including phenoxy) is 1. The summed E-state index contributed by atoms with van der Waals surface area (Å²) < 4.78 is 4.79. The van der Waals surface area contributed by atoms with E-state index in [-0.39, 0.29) is 24.5 Å². The van der Waals surface area contributed by atoms with Crippen LogP contribution < -0.4 is 5.32 Å². The fraction of sp³-hybridized carbons (Fsp3) is 0.294. The van der Waals surface area contributed by atoms with Crippen molar-refractivity contribution in [3.63, 3.8) is 0 Å². The molecule has 1 aromatic carbocycles. The smallest absolute Gasteiger partial charge is 0.307 e. The Morgan fingerprint density at radius 1 is 1.19 bits per heavy atom. The van der Waals surface area contributed by atoms with Crippen LogP contribution in [0.15, 0.2) is 54.9 Å². The molecule has 4 heteroatoms. The number of esters is 1. The van der Waals surface area contributed by atoms with E-state index < -0.39 is 0 Å². The molecule has 2 rings (SSSR count). The number of pyridine rings is 1. The molecule has 0 amide bonds. The SMILES string of the molecule is COC(=O)C[C@H](N[C@@H](C)c1ccccc1)c1cccnc1. The highest BCUT2D eigenvalue weighted by molar-refractivity contribution is 5.70. The van der Waals surface area contributed by atoms with E-state index in [1.807, 2.05) is 30.3 Å². The van der Waals surface area contributed by atoms with E-state index in [9.17, 15) is 4.79 Å². The van der Waals surface area contributed by atoms with E-state index in [1.54, 1.807) is 12.4 Å². The molecule has 0 unspecified atom stereocenters. The summed E-state index contributed by atoms with van der Waals surface area (Å²) in [7, 11) is 1.41. The van der Waals surface area contributed by atoms with Gasteiger partial charge in [-0.3, -0.25) is 9.78 Å². The molecule has 1 N–H and O–H groups in total. The highest BCUT2D eigenvalue weighted by atomic mass is 16.5. The van der Waals surface area contributed by atoms with Crippen LogP contribution in [0.25, 0.3) is 0 Å². The number of nitrogens with one attached hydrogen (secondary N) is 1. The number of aromatic nitrogens is 1. The van der Waals surface area contributed by atoms with E-state index in [1.165, 1.54) is 12.7 Å². The third kappa shape index (κ3) is 4.39. The summed E-state index contributed by atoms with van der Waals surface area (Å²) in [6.07, 6.45) is 3.77. The van der Waals surface area contributed by atoms with Gasteiger partial charge in [0.15, 0.2) is 0 Å². The average molecular weight is 284 g/mol. The number of carbonyl (C=O) groups is 1. The molecule has 2 atom stereocenters. The van der Waals surface area contributed by atoms with Gasteiger partial charge >= 0.3 is 5.97 Å². The first kappa shape index (κ1) is 15.2. The minimum Gasteiger partial charge on any atom is -0.469 e. The zero-order valence-electron chi connectivity index (χ0n) is 12.3. The molecular formula is C17H20N2O2. The number of rotatable bonds is 6. The van der Waals surface area contributed by atoms with Gasteiger partial charge in [-0.25, -0.2) is 0 Å². The van der Waals surface area contributed by atoms with E-state index in [2.05, 4.69) is 29.4 Å². The predicted octanol–water partition coefficient (Wildman–Crippen LogP) is 3.04. The van der Waals surface area contributed by atoms with Crippen LogP contribution in [0.1, 0.15) is 36.6 Å². The number of carbonyl (C=O) groups excluding carboxylic acids is 1. The van der Waals surface area contributed by atoms with Crippen LogP contribution in [-0.4, -0.2) is 18.1 Å². The summed E-state index contributed by atoms with van der Waals surface area (Å²) in [5.41, 5.74) is 2.15. The third-order valence-electron chi connectivity index (χ3n) is 3.44. The first-order chi connectivity index (χ1) is 10.2. The second-order valence-corrected chi connectivity index (χ2v) is 4.92. The maximum atomic E-state index is 11.6. The van der Waals surface area contributed by atoms with Crippen molar-refractivity contribution >= 4 is 5.97 Å². The molecule has 1 aromatic heterocycles. The number of nitrogens with zero attached hydrogens (tertiary/aromatic N) is 1. The standard InChI is InChI=1S/C17H20N2O2/c1-13(14-7-4-3-5-8-14)19-16(11-17(20)21-2)15-9-6-10-18-12-15/h3-10,12-13,16,19H,11H2,1-2H3/t13-,16-/m0/s1. The molecule has 4 nitrogen and oxygen atoms in total. The first-order valence-electron chi connectivity index (χ1n) is 6.98. The van der Waals surface area contributed by atoms with Crippen molar-refractivity contribution in [2.45, 2.75) is 25.4 Å². The molecule has 0 bridgehead atoms. The van der Waals surface area contributed by atoms with Gasteiger partial charge in [0, 0.05) is 24.5 Å². The van der Waals surface area contributed by atoms with Gasteiger partial charge in [-0.15, -0.1) is 0 Å². The Morgan fingerprint density at radius 2 is 1.90 bits per heavy atom. The largest absolute Gasteiger partial charge is 0.469 e. The van der Waals surface area contributed by atoms with Crippen molar-refractivity contribution in [3.8, 4) is 0 Å². The van der Waals surface area contributed by atoms with Crippen LogP contribution in [0.5, 0.6) is 0 Å². The molecule has 0 saturated heterocycles. The van der Waals surface area contributed by atoms with Gasteiger partial charge in [0.1, 0.15) is 0 Å². The average Bonchev–Trinajstić information content (AvgIpc) is 2.55. The van der Waals surface area contributed by atoms with Crippen molar-refractivity contribution in [2.24, 2.45) is 0 Å². The van der Waals surface area contributed by atoms with Crippen LogP contribution in [0, 0.1) is 0 Å². The molecule has 0 aliphatic rings. The minimum atomic E-state index is -0.239. The zero-order valence-corrected chi connectivity index (χ0v) is 12.3. The number of methoxy groups -OCH3 is 1. The fourth-order valence-corrected chi connectivity index (χ4v) is 2.24. The van der Waals surface area contributed by atoms with Gasteiger partial charge < -0.3 is 10.1 Å². The van der Waals surface area contributed by atoms with Gasteiger partial charge in [0.25, 0.3) is 0 Å². The Morgan fingerprint density at radius 3 is 2.52 bits per heavy atom. The van der Waals surface area contributed by atoms with E-state index in [4.69, 9.17) is 4.74 Å². The molecule has 0 aliphatic heterocycles. The molecule has 0 aliphatic carbocycles. The normalized spacial score (nSPS) is 13.4. The summed E-state index contributed by atoms with van der Waals surface area (Å²) in [4.78, 5) is 15.8. The van der Waals surface area contributed by atoms with Gasteiger partial charge in [0.2, 0.25) is 0 Å². The molecule has 21 heavy (non-hydrogen) atoms. The number of hydrogen-bond acceptors (Lipinski definition) is 4. The Kier molecular flexibility index (Phi) is 5.46. The topological polar surface area (TPSA) is 51.2 Å². The summed E-state index contributed by atoms with van der Waals surface area (Å²) in [5, 5.41) is 3.47. The van der Waals surface area contributed by atoms with E-state index in [0.717, 1.165) is 5.56 Å². The summed E-state index contributed by atoms with van der Waals surface area (Å²) in [6.45, 7) is 2.08. The highest BCUT2D eigenvalue weighted by Gasteiger charge is 2.19. The second kappa shape index (κ2) is 7.55. The molecule has 110 valence electrons. The Bertz CT molecular complexity index is 558. The maximum absolute atomic E-state index is 11.6. The molecule has 0 radical (unpaired) electrons. The summed E-state index contributed by atoms with van der Waals surface area (Å²) in [6, 6.07) is 14.0. The van der Waals surface area contributed by atoms with E-state index >= 15 is 0 Å². The van der Waals surface area contributed by atoms with Crippen molar-refractivity contribution in [3.05, 3.63) is 66.0 Å². The molecule has 2 aromatic rings. The van der Waals surface area contributed by atoms with Crippen LogP contribution in [0.3, 0.4) is 0 Å². The highest BCUT2D eigenvalue weighted by Crippen LogP contribution is 2.22. The van der Waals surface area contributed by atoms with Crippen molar-refractivity contribution in [2.75, 3.05) is 7.11 Å². The van der Waals surface area contributed by atoms with Crippen LogP contribution >= 0.6 is 0 Å². The third-order valence-corrected chi connectivity index (χ3v) is 3.44. The lowest BCUT2D eigenvalue weighted by Crippen LogP contribution is -2.27. The van der Waals surface area contributed by atoms with Crippen molar-refractivity contribution in [1.82, 2.24) is 10.3 Å². The zero-order chi connectivity index (χ0) is 15.1. The summed E-state index contributed by atoms with van der Waals surface area (Å²) in [5.74, 6) is -0.239. The summed E-state index contributed by atoms with van der Waals surface area (Å²) >= 11 is 0. The van der Waals surface area contributed by atoms with Gasteiger partial charge in [0.05, 0.1) is 13.5 Å².